The molecule has 9 heteroatoms. The van der Waals surface area contributed by atoms with Crippen LogP contribution in [0.5, 0.6) is 0 Å². The second kappa shape index (κ2) is 10.0. The zero-order chi connectivity index (χ0) is 21.7. The molecule has 0 radical (unpaired) electrons. The van der Waals surface area contributed by atoms with Gasteiger partial charge in [-0.3, -0.25) is 19.4 Å². The number of ketones is 1. The van der Waals surface area contributed by atoms with Crippen molar-refractivity contribution in [2.24, 2.45) is 0 Å². The van der Waals surface area contributed by atoms with E-state index >= 15 is 0 Å². The average molecular weight is 510 g/mol. The second-order valence-corrected chi connectivity index (χ2v) is 7.95. The number of anilines is 1. The van der Waals surface area contributed by atoms with Crippen LogP contribution in [-0.4, -0.2) is 29.3 Å². The zero-order valence-corrected chi connectivity index (χ0v) is 18.6. The lowest BCUT2D eigenvalue weighted by molar-refractivity contribution is -0.143. The lowest BCUT2D eigenvalue weighted by Gasteiger charge is -2.09. The minimum absolute atomic E-state index is 0.0981. The van der Waals surface area contributed by atoms with Crippen molar-refractivity contribution in [2.75, 3.05) is 11.9 Å². The van der Waals surface area contributed by atoms with Gasteiger partial charge >= 0.3 is 5.97 Å². The van der Waals surface area contributed by atoms with Crippen LogP contribution in [0.4, 0.5) is 5.69 Å². The highest BCUT2D eigenvalue weighted by atomic mass is 79.9. The summed E-state index contributed by atoms with van der Waals surface area (Å²) in [6, 6.07) is 11.6. The van der Waals surface area contributed by atoms with E-state index in [-0.39, 0.29) is 29.3 Å². The largest absolute Gasteiger partial charge is 0.457 e. The summed E-state index contributed by atoms with van der Waals surface area (Å²) >= 11 is 15.2. The molecule has 0 saturated carbocycles. The SMILES string of the molecule is O=C(CCC(=O)OCC(=O)c1ccc(Cl)cc1Cl)Nc1ccc(Br)c2cccnc12. The van der Waals surface area contributed by atoms with Crippen LogP contribution in [0.1, 0.15) is 23.2 Å². The number of halogens is 3. The summed E-state index contributed by atoms with van der Waals surface area (Å²) in [6.45, 7) is -0.469. The van der Waals surface area contributed by atoms with Crippen molar-refractivity contribution in [3.8, 4) is 0 Å². The number of rotatable bonds is 7. The van der Waals surface area contributed by atoms with Gasteiger partial charge in [0.25, 0.3) is 0 Å². The van der Waals surface area contributed by atoms with E-state index in [2.05, 4.69) is 26.2 Å². The van der Waals surface area contributed by atoms with Crippen LogP contribution in [0.25, 0.3) is 10.9 Å². The van der Waals surface area contributed by atoms with E-state index in [1.165, 1.54) is 18.2 Å². The van der Waals surface area contributed by atoms with Gasteiger partial charge in [-0.25, -0.2) is 0 Å². The molecule has 0 spiro atoms. The average Bonchev–Trinajstić information content (AvgIpc) is 2.73. The number of esters is 1. The first-order valence-electron chi connectivity index (χ1n) is 8.82. The number of nitrogens with one attached hydrogen (secondary N) is 1. The minimum Gasteiger partial charge on any atom is -0.457 e. The number of aromatic nitrogens is 1. The summed E-state index contributed by atoms with van der Waals surface area (Å²) in [5.74, 6) is -1.49. The van der Waals surface area contributed by atoms with Crippen molar-refractivity contribution >= 4 is 73.4 Å². The summed E-state index contributed by atoms with van der Waals surface area (Å²) in [4.78, 5) is 40.5. The molecular formula is C21H15BrCl2N2O4. The molecule has 0 aliphatic heterocycles. The van der Waals surface area contributed by atoms with Gasteiger partial charge in [0.2, 0.25) is 11.7 Å². The molecule has 6 nitrogen and oxygen atoms in total. The van der Waals surface area contributed by atoms with Gasteiger partial charge in [0, 0.05) is 33.1 Å². The van der Waals surface area contributed by atoms with Crippen LogP contribution in [0, 0.1) is 0 Å². The smallest absolute Gasteiger partial charge is 0.306 e. The van der Waals surface area contributed by atoms with Crippen LogP contribution in [-0.2, 0) is 14.3 Å². The monoisotopic (exact) mass is 508 g/mol. The molecular weight excluding hydrogens is 495 g/mol. The number of Topliss-reactive ketones (excluding diaryl/α,β-unsaturated/α-hetero) is 1. The van der Waals surface area contributed by atoms with Crippen molar-refractivity contribution < 1.29 is 19.1 Å². The molecule has 1 heterocycles. The number of fused-ring (bicyclic) bond motifs is 1. The molecule has 0 atom stereocenters. The van der Waals surface area contributed by atoms with Crippen LogP contribution >= 0.6 is 39.1 Å². The maximum absolute atomic E-state index is 12.2. The highest BCUT2D eigenvalue weighted by Gasteiger charge is 2.15. The maximum Gasteiger partial charge on any atom is 0.306 e. The summed E-state index contributed by atoms with van der Waals surface area (Å²) in [5, 5.41) is 4.18. The molecule has 2 aromatic carbocycles. The topological polar surface area (TPSA) is 85.4 Å². The number of pyridine rings is 1. The van der Waals surface area contributed by atoms with E-state index in [4.69, 9.17) is 27.9 Å². The Hall–Kier alpha value is -2.48. The van der Waals surface area contributed by atoms with Crippen molar-refractivity contribution in [3.63, 3.8) is 0 Å². The molecule has 0 saturated heterocycles. The molecule has 0 fully saturated rings. The van der Waals surface area contributed by atoms with E-state index in [0.717, 1.165) is 9.86 Å². The molecule has 1 aromatic heterocycles. The fourth-order valence-electron chi connectivity index (χ4n) is 2.68. The molecule has 1 N–H and O–H groups in total. The third-order valence-electron chi connectivity index (χ3n) is 4.14. The van der Waals surface area contributed by atoms with Gasteiger partial charge in [-0.15, -0.1) is 0 Å². The Morgan fingerprint density at radius 2 is 1.87 bits per heavy atom. The van der Waals surface area contributed by atoms with Crippen molar-refractivity contribution in [3.05, 3.63) is 68.7 Å². The Bertz CT molecular complexity index is 1140. The Morgan fingerprint density at radius 1 is 1.07 bits per heavy atom. The van der Waals surface area contributed by atoms with Gasteiger partial charge in [-0.05, 0) is 36.4 Å². The Morgan fingerprint density at radius 3 is 2.63 bits per heavy atom. The molecule has 3 aromatic rings. The standard InChI is InChI=1S/C21H15BrCl2N2O4/c22-15-5-6-17(21-13(15)2-1-9-25-21)26-19(28)7-8-20(29)30-11-18(27)14-4-3-12(23)10-16(14)24/h1-6,9-10H,7-8,11H2,(H,26,28). The molecule has 0 aliphatic carbocycles. The Balaban J connectivity index is 1.51. The van der Waals surface area contributed by atoms with Gasteiger partial charge in [-0.2, -0.15) is 0 Å². The number of nitrogens with zero attached hydrogens (tertiary/aromatic N) is 1. The van der Waals surface area contributed by atoms with Gasteiger partial charge in [0.05, 0.1) is 22.6 Å². The lowest BCUT2D eigenvalue weighted by Crippen LogP contribution is -2.17. The van der Waals surface area contributed by atoms with E-state index in [1.54, 1.807) is 24.4 Å². The number of ether oxygens (including phenoxy) is 1. The number of hydrogen-bond donors (Lipinski definition) is 1. The molecule has 154 valence electrons. The molecule has 0 aliphatic rings. The molecule has 0 bridgehead atoms. The minimum atomic E-state index is -0.664. The number of carbonyl (C=O) groups excluding carboxylic acids is 3. The summed E-state index contributed by atoms with van der Waals surface area (Å²) in [6.07, 6.45) is 1.36. The number of hydrogen-bond acceptors (Lipinski definition) is 5. The predicted molar refractivity (Wildman–Crippen MR) is 119 cm³/mol. The normalized spacial score (nSPS) is 10.6. The van der Waals surface area contributed by atoms with Crippen LogP contribution in [0.15, 0.2) is 53.1 Å². The fraction of sp³-hybridized carbons (Fsp3) is 0.143. The summed E-state index contributed by atoms with van der Waals surface area (Å²) in [5.41, 5.74) is 1.38. The number of carbonyl (C=O) groups is 3. The first-order chi connectivity index (χ1) is 14.3. The second-order valence-electron chi connectivity index (χ2n) is 6.25. The summed E-state index contributed by atoms with van der Waals surface area (Å²) in [7, 11) is 0. The lowest BCUT2D eigenvalue weighted by atomic mass is 10.1. The molecule has 0 unspecified atom stereocenters. The first-order valence-corrected chi connectivity index (χ1v) is 10.4. The third-order valence-corrected chi connectivity index (χ3v) is 5.38. The maximum atomic E-state index is 12.2. The van der Waals surface area contributed by atoms with E-state index < -0.39 is 18.4 Å². The van der Waals surface area contributed by atoms with E-state index in [9.17, 15) is 14.4 Å². The highest BCUT2D eigenvalue weighted by Crippen LogP contribution is 2.28. The number of benzene rings is 2. The van der Waals surface area contributed by atoms with Crippen molar-refractivity contribution in [1.29, 1.82) is 0 Å². The predicted octanol–water partition coefficient (Wildman–Crippen LogP) is 5.45. The van der Waals surface area contributed by atoms with Crippen molar-refractivity contribution in [1.82, 2.24) is 4.98 Å². The number of amides is 1. The third kappa shape index (κ3) is 5.56. The van der Waals surface area contributed by atoms with Gasteiger partial charge in [0.1, 0.15) is 0 Å². The quantitative estimate of drug-likeness (QED) is 0.338. The van der Waals surface area contributed by atoms with Gasteiger partial charge in [0.15, 0.2) is 6.61 Å². The molecule has 3 rings (SSSR count). The van der Waals surface area contributed by atoms with E-state index in [0.29, 0.717) is 16.2 Å². The Labute approximate surface area is 190 Å². The van der Waals surface area contributed by atoms with Crippen LogP contribution in [0.3, 0.4) is 0 Å². The fourth-order valence-corrected chi connectivity index (χ4v) is 3.64. The van der Waals surface area contributed by atoms with E-state index in [1.807, 2.05) is 6.07 Å². The molecule has 1 amide bonds. The van der Waals surface area contributed by atoms with Gasteiger partial charge in [-0.1, -0.05) is 45.2 Å². The van der Waals surface area contributed by atoms with Crippen molar-refractivity contribution in [2.45, 2.75) is 12.8 Å². The van der Waals surface area contributed by atoms with Crippen LogP contribution in [0.2, 0.25) is 10.0 Å². The zero-order valence-electron chi connectivity index (χ0n) is 15.5. The van der Waals surface area contributed by atoms with Crippen LogP contribution < -0.4 is 5.32 Å². The Kier molecular flexibility index (Phi) is 7.42. The molecule has 30 heavy (non-hydrogen) atoms. The first kappa shape index (κ1) is 22.2. The highest BCUT2D eigenvalue weighted by molar-refractivity contribution is 9.10. The summed E-state index contributed by atoms with van der Waals surface area (Å²) < 4.78 is 5.81. The van der Waals surface area contributed by atoms with Gasteiger partial charge < -0.3 is 10.1 Å².